The molecule has 5 heteroatoms. The van der Waals surface area contributed by atoms with Gasteiger partial charge in [0.25, 0.3) is 0 Å². The van der Waals surface area contributed by atoms with E-state index in [-0.39, 0.29) is 12.0 Å². The Hall–Kier alpha value is -7.13. The molecule has 0 radical (unpaired) electrons. The van der Waals surface area contributed by atoms with Crippen molar-refractivity contribution in [3.05, 3.63) is 174 Å². The SMILES string of the molecule is C=C(C)/C=C\C1c2ccccc2N(c2ccccc2-c2cc(-c3cccc(-n4c5ccc(C#N)cc5c5c(C#N)cccc54)c3)ccc2C#N)C1C. The molecule has 7 aromatic rings. The number of para-hydroxylation sites is 2. The summed E-state index contributed by atoms with van der Waals surface area (Å²) in [5, 5.41) is 31.8. The third-order valence-electron chi connectivity index (χ3n) is 10.1. The van der Waals surface area contributed by atoms with Gasteiger partial charge in [-0.3, -0.25) is 0 Å². The second-order valence-corrected chi connectivity index (χ2v) is 13.3. The molecule has 246 valence electrons. The zero-order valence-corrected chi connectivity index (χ0v) is 28.9. The normalized spacial score (nSPS) is 15.0. The smallest absolute Gasteiger partial charge is 0.0998 e. The lowest BCUT2D eigenvalue weighted by atomic mass is 9.93. The number of hydrogen-bond donors (Lipinski definition) is 0. The van der Waals surface area contributed by atoms with Crippen LogP contribution in [0.15, 0.2) is 152 Å². The summed E-state index contributed by atoms with van der Waals surface area (Å²) in [6.45, 7) is 8.36. The molecule has 8 rings (SSSR count). The van der Waals surface area contributed by atoms with Crippen LogP contribution < -0.4 is 4.90 Å². The largest absolute Gasteiger partial charge is 0.337 e. The van der Waals surface area contributed by atoms with Crippen LogP contribution in [0.4, 0.5) is 11.4 Å². The van der Waals surface area contributed by atoms with E-state index in [0.29, 0.717) is 16.7 Å². The van der Waals surface area contributed by atoms with E-state index in [1.165, 1.54) is 5.56 Å². The first kappa shape index (κ1) is 32.1. The van der Waals surface area contributed by atoms with Crippen molar-refractivity contribution in [1.82, 2.24) is 4.57 Å². The van der Waals surface area contributed by atoms with Crippen LogP contribution in [0.5, 0.6) is 0 Å². The van der Waals surface area contributed by atoms with E-state index in [1.54, 1.807) is 0 Å². The van der Waals surface area contributed by atoms with Gasteiger partial charge >= 0.3 is 0 Å². The van der Waals surface area contributed by atoms with E-state index in [0.717, 1.165) is 66.7 Å². The van der Waals surface area contributed by atoms with Gasteiger partial charge in [-0.25, -0.2) is 0 Å². The average molecular weight is 668 g/mol. The molecule has 2 unspecified atom stereocenters. The van der Waals surface area contributed by atoms with Crippen LogP contribution in [-0.2, 0) is 0 Å². The summed E-state index contributed by atoms with van der Waals surface area (Å²) >= 11 is 0. The number of rotatable bonds is 6. The molecule has 52 heavy (non-hydrogen) atoms. The number of benzene rings is 6. The Morgan fingerprint density at radius 1 is 0.673 bits per heavy atom. The fraction of sp³-hybridized carbons (Fsp3) is 0.0851. The highest BCUT2D eigenvalue weighted by Gasteiger charge is 2.36. The second-order valence-electron chi connectivity index (χ2n) is 13.3. The van der Waals surface area contributed by atoms with E-state index in [2.05, 4.69) is 120 Å². The second kappa shape index (κ2) is 13.0. The van der Waals surface area contributed by atoms with Crippen molar-refractivity contribution in [2.45, 2.75) is 25.8 Å². The first-order chi connectivity index (χ1) is 25.4. The van der Waals surface area contributed by atoms with E-state index in [4.69, 9.17) is 0 Å². The molecule has 2 heterocycles. The minimum Gasteiger partial charge on any atom is -0.337 e. The van der Waals surface area contributed by atoms with E-state index in [1.807, 2.05) is 67.6 Å². The maximum absolute atomic E-state index is 10.4. The van der Waals surface area contributed by atoms with Crippen LogP contribution >= 0.6 is 0 Å². The summed E-state index contributed by atoms with van der Waals surface area (Å²) in [7, 11) is 0. The van der Waals surface area contributed by atoms with Gasteiger partial charge in [0.15, 0.2) is 0 Å². The molecule has 0 amide bonds. The minimum atomic E-state index is 0.136. The van der Waals surface area contributed by atoms with E-state index in [9.17, 15) is 15.8 Å². The first-order valence-corrected chi connectivity index (χ1v) is 17.3. The van der Waals surface area contributed by atoms with Gasteiger partial charge in [0.1, 0.15) is 0 Å². The van der Waals surface area contributed by atoms with Crippen molar-refractivity contribution in [2.75, 3.05) is 4.90 Å². The summed E-state index contributed by atoms with van der Waals surface area (Å²) in [4.78, 5) is 2.40. The molecule has 0 saturated carbocycles. The van der Waals surface area contributed by atoms with Crippen molar-refractivity contribution in [1.29, 1.82) is 15.8 Å². The molecule has 0 aliphatic carbocycles. The number of nitrogens with zero attached hydrogens (tertiary/aromatic N) is 5. The summed E-state index contributed by atoms with van der Waals surface area (Å²) in [6.07, 6.45) is 4.35. The Morgan fingerprint density at radius 3 is 2.21 bits per heavy atom. The van der Waals surface area contributed by atoms with Crippen LogP contribution in [0.3, 0.4) is 0 Å². The standard InChI is InChI=1S/C47H33N5/c1-30(2)18-22-38-31(3)51(43-15-6-4-13-39(38)43)44-16-7-5-14-40(44)41-26-34(20-21-35(41)28-49)33-10-8-12-37(25-33)52-45-23-19-32(27-48)24-42(45)47-36(29-50)11-9-17-46(47)52/h4-26,31,38H,1H2,2-3H3/b22-18-. The van der Waals surface area contributed by atoms with E-state index >= 15 is 0 Å². The molecule has 0 fully saturated rings. The molecule has 1 aliphatic heterocycles. The highest BCUT2D eigenvalue weighted by Crippen LogP contribution is 2.49. The predicted molar refractivity (Wildman–Crippen MR) is 211 cm³/mol. The lowest BCUT2D eigenvalue weighted by Gasteiger charge is -2.29. The number of allylic oxidation sites excluding steroid dienone is 2. The van der Waals surface area contributed by atoms with Gasteiger partial charge < -0.3 is 9.47 Å². The Kier molecular flexibility index (Phi) is 8.00. The van der Waals surface area contributed by atoms with Crippen molar-refractivity contribution >= 4 is 33.2 Å². The summed E-state index contributed by atoms with van der Waals surface area (Å²) in [6, 6.07) is 49.9. The highest BCUT2D eigenvalue weighted by atomic mass is 15.2. The molecule has 5 nitrogen and oxygen atoms in total. The van der Waals surface area contributed by atoms with Crippen LogP contribution in [0.1, 0.15) is 42.0 Å². The Labute approximate surface area is 303 Å². The molecule has 0 N–H and O–H groups in total. The van der Waals surface area contributed by atoms with E-state index < -0.39 is 0 Å². The molecule has 0 spiro atoms. The van der Waals surface area contributed by atoms with Gasteiger partial charge in [0, 0.05) is 50.9 Å². The lowest BCUT2D eigenvalue weighted by Crippen LogP contribution is -2.26. The van der Waals surface area contributed by atoms with Crippen molar-refractivity contribution in [2.24, 2.45) is 0 Å². The van der Waals surface area contributed by atoms with Crippen molar-refractivity contribution in [3.8, 4) is 46.1 Å². The predicted octanol–water partition coefficient (Wildman–Crippen LogP) is 11.5. The maximum Gasteiger partial charge on any atom is 0.0998 e. The van der Waals surface area contributed by atoms with Gasteiger partial charge in [0.2, 0.25) is 0 Å². The molecule has 0 saturated heterocycles. The monoisotopic (exact) mass is 667 g/mol. The molecule has 2 atom stereocenters. The van der Waals surface area contributed by atoms with Gasteiger partial charge in [-0.15, -0.1) is 0 Å². The average Bonchev–Trinajstić information content (AvgIpc) is 3.67. The van der Waals surface area contributed by atoms with Crippen LogP contribution in [0, 0.1) is 34.0 Å². The fourth-order valence-electron chi connectivity index (χ4n) is 7.80. The van der Waals surface area contributed by atoms with Crippen LogP contribution in [0.2, 0.25) is 0 Å². The summed E-state index contributed by atoms with van der Waals surface area (Å²) in [5.74, 6) is 0.182. The topological polar surface area (TPSA) is 79.5 Å². The van der Waals surface area contributed by atoms with Crippen molar-refractivity contribution in [3.63, 3.8) is 0 Å². The molecular formula is C47H33N5. The summed E-state index contributed by atoms with van der Waals surface area (Å²) < 4.78 is 2.15. The quantitative estimate of drug-likeness (QED) is 0.165. The lowest BCUT2D eigenvalue weighted by molar-refractivity contribution is 0.689. The molecule has 1 aliphatic rings. The van der Waals surface area contributed by atoms with Gasteiger partial charge in [-0.2, -0.15) is 15.8 Å². The molecule has 1 aromatic heterocycles. The number of nitriles is 3. The van der Waals surface area contributed by atoms with Gasteiger partial charge in [-0.1, -0.05) is 85.0 Å². The minimum absolute atomic E-state index is 0.136. The zero-order chi connectivity index (χ0) is 35.9. The number of hydrogen-bond acceptors (Lipinski definition) is 4. The highest BCUT2D eigenvalue weighted by molar-refractivity contribution is 6.12. The number of aromatic nitrogens is 1. The maximum atomic E-state index is 10.4. The van der Waals surface area contributed by atoms with Gasteiger partial charge in [-0.05, 0) is 97.3 Å². The fourth-order valence-corrected chi connectivity index (χ4v) is 7.80. The zero-order valence-electron chi connectivity index (χ0n) is 28.9. The van der Waals surface area contributed by atoms with Gasteiger partial charge in [0.05, 0.1) is 45.9 Å². The van der Waals surface area contributed by atoms with Crippen molar-refractivity contribution < 1.29 is 0 Å². The third kappa shape index (κ3) is 5.23. The first-order valence-electron chi connectivity index (χ1n) is 17.3. The third-order valence-corrected chi connectivity index (χ3v) is 10.1. The van der Waals surface area contributed by atoms with Crippen LogP contribution in [0.25, 0.3) is 49.7 Å². The summed E-state index contributed by atoms with van der Waals surface area (Å²) in [5.41, 5.74) is 12.8. The Bertz CT molecular complexity index is 2740. The van der Waals surface area contributed by atoms with Crippen LogP contribution in [-0.4, -0.2) is 10.6 Å². The molecular weight excluding hydrogens is 635 g/mol. The Morgan fingerprint density at radius 2 is 1.42 bits per heavy atom. The Balaban J connectivity index is 1.27. The number of fused-ring (bicyclic) bond motifs is 4. The number of anilines is 2. The molecule has 0 bridgehead atoms. The molecule has 6 aromatic carbocycles.